The Labute approximate surface area is 125 Å². The standard InChI is InChI=1S/C17H21FN2O/c1-13-4-7-17(21)20(10-8-13)12-14-5-6-16(18)15(11-14)3-2-9-19/h5-6,11,13H,4,7-10,12,19H2,1H3. The van der Waals surface area contributed by atoms with Crippen LogP contribution in [-0.4, -0.2) is 23.9 Å². The van der Waals surface area contributed by atoms with E-state index in [1.165, 1.54) is 6.07 Å². The molecule has 4 heteroatoms. The third-order valence-corrected chi connectivity index (χ3v) is 3.82. The summed E-state index contributed by atoms with van der Waals surface area (Å²) in [6, 6.07) is 4.82. The molecule has 1 aliphatic rings. The van der Waals surface area contributed by atoms with Crippen LogP contribution in [0.15, 0.2) is 18.2 Å². The van der Waals surface area contributed by atoms with Gasteiger partial charge in [-0.05, 0) is 36.5 Å². The van der Waals surface area contributed by atoms with Crippen LogP contribution in [0, 0.1) is 23.6 Å². The lowest BCUT2D eigenvalue weighted by molar-refractivity contribution is -0.131. The van der Waals surface area contributed by atoms with Gasteiger partial charge in [-0.1, -0.05) is 24.8 Å². The van der Waals surface area contributed by atoms with Gasteiger partial charge in [0.15, 0.2) is 0 Å². The van der Waals surface area contributed by atoms with Crippen molar-refractivity contribution in [2.24, 2.45) is 11.7 Å². The van der Waals surface area contributed by atoms with E-state index < -0.39 is 0 Å². The maximum atomic E-state index is 13.6. The van der Waals surface area contributed by atoms with Crippen molar-refractivity contribution >= 4 is 5.91 Å². The molecule has 2 N–H and O–H groups in total. The number of amides is 1. The van der Waals surface area contributed by atoms with Gasteiger partial charge in [0.25, 0.3) is 0 Å². The summed E-state index contributed by atoms with van der Waals surface area (Å²) in [4.78, 5) is 14.0. The van der Waals surface area contributed by atoms with Crippen LogP contribution in [0.5, 0.6) is 0 Å². The first-order valence-corrected chi connectivity index (χ1v) is 7.35. The van der Waals surface area contributed by atoms with Crippen molar-refractivity contribution in [3.63, 3.8) is 0 Å². The lowest BCUT2D eigenvalue weighted by Gasteiger charge is -2.21. The summed E-state index contributed by atoms with van der Waals surface area (Å²) in [7, 11) is 0. The van der Waals surface area contributed by atoms with Crippen molar-refractivity contribution in [3.8, 4) is 11.8 Å². The molecule has 0 radical (unpaired) electrons. The van der Waals surface area contributed by atoms with Crippen LogP contribution >= 0.6 is 0 Å². The van der Waals surface area contributed by atoms with E-state index in [2.05, 4.69) is 18.8 Å². The molecule has 0 spiro atoms. The van der Waals surface area contributed by atoms with Gasteiger partial charge in [-0.25, -0.2) is 4.39 Å². The average Bonchev–Trinajstić information content (AvgIpc) is 2.63. The topological polar surface area (TPSA) is 46.3 Å². The Kier molecular flexibility index (Phi) is 5.35. The summed E-state index contributed by atoms with van der Waals surface area (Å²) < 4.78 is 13.6. The second-order valence-corrected chi connectivity index (χ2v) is 5.57. The molecule has 1 saturated heterocycles. The minimum Gasteiger partial charge on any atom is -0.338 e. The van der Waals surface area contributed by atoms with Crippen molar-refractivity contribution in [1.29, 1.82) is 0 Å². The Morgan fingerprint density at radius 1 is 1.43 bits per heavy atom. The molecule has 1 unspecified atom stereocenters. The van der Waals surface area contributed by atoms with Crippen molar-refractivity contribution < 1.29 is 9.18 Å². The molecule has 0 saturated carbocycles. The molecule has 1 aromatic rings. The molecule has 1 amide bonds. The van der Waals surface area contributed by atoms with Crippen molar-refractivity contribution in [3.05, 3.63) is 35.1 Å². The molecule has 1 fully saturated rings. The highest BCUT2D eigenvalue weighted by Gasteiger charge is 2.20. The SMILES string of the molecule is CC1CCC(=O)N(Cc2ccc(F)c(C#CCN)c2)CC1. The number of nitrogens with zero attached hydrogens (tertiary/aromatic N) is 1. The van der Waals surface area contributed by atoms with Crippen LogP contribution in [0.1, 0.15) is 37.3 Å². The lowest BCUT2D eigenvalue weighted by Crippen LogP contribution is -2.29. The molecular weight excluding hydrogens is 267 g/mol. The number of hydrogen-bond acceptors (Lipinski definition) is 2. The van der Waals surface area contributed by atoms with Crippen LogP contribution in [0.4, 0.5) is 4.39 Å². The van der Waals surface area contributed by atoms with Crippen LogP contribution in [0.25, 0.3) is 0 Å². The molecular formula is C17H21FN2O. The largest absolute Gasteiger partial charge is 0.338 e. The summed E-state index contributed by atoms with van der Waals surface area (Å²) in [5.41, 5.74) is 6.56. The Morgan fingerprint density at radius 3 is 3.00 bits per heavy atom. The molecule has 1 heterocycles. The molecule has 0 aromatic heterocycles. The predicted octanol–water partition coefficient (Wildman–Crippen LogP) is 2.28. The van der Waals surface area contributed by atoms with E-state index in [4.69, 9.17) is 5.73 Å². The fourth-order valence-electron chi connectivity index (χ4n) is 2.47. The first-order chi connectivity index (χ1) is 10.1. The van der Waals surface area contributed by atoms with Gasteiger partial charge in [0, 0.05) is 19.5 Å². The van der Waals surface area contributed by atoms with Crippen molar-refractivity contribution in [2.75, 3.05) is 13.1 Å². The van der Waals surface area contributed by atoms with Crippen molar-refractivity contribution in [2.45, 2.75) is 32.7 Å². The highest BCUT2D eigenvalue weighted by molar-refractivity contribution is 5.76. The van der Waals surface area contributed by atoms with E-state index in [1.54, 1.807) is 12.1 Å². The minimum absolute atomic E-state index is 0.179. The maximum Gasteiger partial charge on any atom is 0.222 e. The molecule has 0 aliphatic carbocycles. The number of benzene rings is 1. The predicted molar refractivity (Wildman–Crippen MR) is 80.8 cm³/mol. The van der Waals surface area contributed by atoms with Crippen LogP contribution in [-0.2, 0) is 11.3 Å². The molecule has 21 heavy (non-hydrogen) atoms. The van der Waals surface area contributed by atoms with Crippen LogP contribution in [0.3, 0.4) is 0 Å². The van der Waals surface area contributed by atoms with Gasteiger partial charge in [0.2, 0.25) is 5.91 Å². The molecule has 3 nitrogen and oxygen atoms in total. The summed E-state index contributed by atoms with van der Waals surface area (Å²) >= 11 is 0. The van der Waals surface area contributed by atoms with Crippen molar-refractivity contribution in [1.82, 2.24) is 4.90 Å². The van der Waals surface area contributed by atoms with Gasteiger partial charge in [-0.2, -0.15) is 0 Å². The van der Waals surface area contributed by atoms with Gasteiger partial charge in [-0.3, -0.25) is 4.79 Å². The third kappa shape index (κ3) is 4.30. The van der Waals surface area contributed by atoms with Gasteiger partial charge in [0.05, 0.1) is 12.1 Å². The molecule has 1 aromatic carbocycles. The monoisotopic (exact) mass is 288 g/mol. The molecule has 1 atom stereocenters. The van der Waals surface area contributed by atoms with Gasteiger partial charge in [-0.15, -0.1) is 0 Å². The Balaban J connectivity index is 2.13. The summed E-state index contributed by atoms with van der Waals surface area (Å²) in [6.07, 6.45) is 2.57. The van der Waals surface area contributed by atoms with Gasteiger partial charge in [0.1, 0.15) is 5.82 Å². The fourth-order valence-corrected chi connectivity index (χ4v) is 2.47. The fraction of sp³-hybridized carbons (Fsp3) is 0.471. The smallest absolute Gasteiger partial charge is 0.222 e. The number of halogens is 1. The van der Waals surface area contributed by atoms with Gasteiger partial charge < -0.3 is 10.6 Å². The minimum atomic E-state index is -0.351. The number of carbonyl (C=O) groups excluding carboxylic acids is 1. The zero-order valence-corrected chi connectivity index (χ0v) is 12.4. The van der Waals surface area contributed by atoms with E-state index in [0.29, 0.717) is 24.4 Å². The highest BCUT2D eigenvalue weighted by Crippen LogP contribution is 2.20. The summed E-state index contributed by atoms with van der Waals surface area (Å²) in [6.45, 7) is 3.66. The average molecular weight is 288 g/mol. The van der Waals surface area contributed by atoms with E-state index in [0.717, 1.165) is 24.9 Å². The zero-order chi connectivity index (χ0) is 15.2. The second-order valence-electron chi connectivity index (χ2n) is 5.57. The van der Waals surface area contributed by atoms with Crippen LogP contribution < -0.4 is 5.73 Å². The van der Waals surface area contributed by atoms with Crippen LogP contribution in [0.2, 0.25) is 0 Å². The Hall–Kier alpha value is -1.86. The first-order valence-electron chi connectivity index (χ1n) is 7.35. The summed E-state index contributed by atoms with van der Waals surface area (Å²) in [5, 5.41) is 0. The number of rotatable bonds is 2. The quantitative estimate of drug-likeness (QED) is 0.849. The summed E-state index contributed by atoms with van der Waals surface area (Å²) in [5.74, 6) is 5.79. The van der Waals surface area contributed by atoms with E-state index in [-0.39, 0.29) is 18.3 Å². The molecule has 1 aliphatic heterocycles. The number of likely N-dealkylation sites (tertiary alicyclic amines) is 1. The molecule has 112 valence electrons. The highest BCUT2D eigenvalue weighted by atomic mass is 19.1. The maximum absolute atomic E-state index is 13.6. The van der Waals surface area contributed by atoms with E-state index in [9.17, 15) is 9.18 Å². The third-order valence-electron chi connectivity index (χ3n) is 3.82. The number of hydrogen-bond donors (Lipinski definition) is 1. The van der Waals surface area contributed by atoms with E-state index >= 15 is 0 Å². The number of carbonyl (C=O) groups is 1. The normalized spacial score (nSPS) is 18.9. The Morgan fingerprint density at radius 2 is 2.24 bits per heavy atom. The molecule has 0 bridgehead atoms. The Bertz CT molecular complexity index is 574. The lowest BCUT2D eigenvalue weighted by atomic mass is 10.0. The molecule has 2 rings (SSSR count). The second kappa shape index (κ2) is 7.24. The number of nitrogens with two attached hydrogens (primary N) is 1. The van der Waals surface area contributed by atoms with E-state index in [1.807, 2.05) is 4.90 Å². The first kappa shape index (κ1) is 15.5. The zero-order valence-electron chi connectivity index (χ0n) is 12.4. The van der Waals surface area contributed by atoms with Gasteiger partial charge >= 0.3 is 0 Å².